The Labute approximate surface area is 104 Å². The summed E-state index contributed by atoms with van der Waals surface area (Å²) >= 11 is 5.99. The molecule has 1 N–H and O–H groups in total. The fourth-order valence-corrected chi connectivity index (χ4v) is 1.99. The number of likely N-dealkylation sites (N-methyl/N-ethyl adjacent to an activating group) is 1. The summed E-state index contributed by atoms with van der Waals surface area (Å²) in [4.78, 5) is 0. The van der Waals surface area contributed by atoms with Gasteiger partial charge < -0.3 is 9.73 Å². The molecule has 0 bridgehead atoms. The van der Waals surface area contributed by atoms with Crippen molar-refractivity contribution in [3.63, 3.8) is 0 Å². The quantitative estimate of drug-likeness (QED) is 0.901. The van der Waals surface area contributed by atoms with E-state index in [4.69, 9.17) is 16.0 Å². The molecule has 1 aromatic heterocycles. The number of hydrogen-bond acceptors (Lipinski definition) is 2. The topological polar surface area (TPSA) is 25.2 Å². The van der Waals surface area contributed by atoms with Crippen LogP contribution in [0.3, 0.4) is 0 Å². The molecule has 0 aliphatic carbocycles. The third-order valence-corrected chi connectivity index (χ3v) is 3.03. The minimum atomic E-state index is -0.322. The molecule has 0 aliphatic heterocycles. The summed E-state index contributed by atoms with van der Waals surface area (Å²) in [5.41, 5.74) is 0.892. The molecule has 2 nitrogen and oxygen atoms in total. The van der Waals surface area contributed by atoms with Gasteiger partial charge in [-0.05, 0) is 43.3 Å². The lowest BCUT2D eigenvalue weighted by Gasteiger charge is -2.14. The van der Waals surface area contributed by atoms with Crippen LogP contribution in [0.2, 0.25) is 5.02 Å². The van der Waals surface area contributed by atoms with E-state index in [0.717, 1.165) is 11.3 Å². The summed E-state index contributed by atoms with van der Waals surface area (Å²) in [6.45, 7) is 0. The number of rotatable bonds is 4. The number of benzene rings is 1. The Bertz CT molecular complexity index is 484. The maximum absolute atomic E-state index is 12.9. The van der Waals surface area contributed by atoms with E-state index in [2.05, 4.69) is 5.32 Å². The smallest absolute Gasteiger partial charge is 0.124 e. The standard InChI is InChI=1S/C13H13ClFNO/c1-16-12(13-3-2-6-17-13)7-9-4-5-10(15)8-11(9)14/h2-6,8,12,16H,7H2,1H3. The normalized spacial score (nSPS) is 12.6. The molecular formula is C13H13ClFNO. The van der Waals surface area contributed by atoms with Crippen LogP contribution in [0.15, 0.2) is 41.0 Å². The Morgan fingerprint density at radius 2 is 2.24 bits per heavy atom. The molecule has 4 heteroatoms. The second-order valence-corrected chi connectivity index (χ2v) is 4.20. The van der Waals surface area contributed by atoms with Gasteiger partial charge in [0.05, 0.1) is 12.3 Å². The SMILES string of the molecule is CNC(Cc1ccc(F)cc1Cl)c1ccco1. The first-order chi connectivity index (χ1) is 8.20. The second kappa shape index (κ2) is 5.34. The van der Waals surface area contributed by atoms with Crippen molar-refractivity contribution in [3.8, 4) is 0 Å². The lowest BCUT2D eigenvalue weighted by molar-refractivity contribution is 0.429. The summed E-state index contributed by atoms with van der Waals surface area (Å²) in [5.74, 6) is 0.519. The van der Waals surface area contributed by atoms with Crippen LogP contribution in [0.4, 0.5) is 4.39 Å². The molecule has 1 aromatic carbocycles. The molecule has 0 fully saturated rings. The van der Waals surface area contributed by atoms with Gasteiger partial charge in [0.15, 0.2) is 0 Å². The molecule has 0 amide bonds. The molecule has 1 atom stereocenters. The van der Waals surface area contributed by atoms with E-state index in [1.165, 1.54) is 12.1 Å². The predicted molar refractivity (Wildman–Crippen MR) is 65.6 cm³/mol. The van der Waals surface area contributed by atoms with Crippen LogP contribution < -0.4 is 5.32 Å². The van der Waals surface area contributed by atoms with Gasteiger partial charge >= 0.3 is 0 Å². The Balaban J connectivity index is 2.19. The Kier molecular flexibility index (Phi) is 3.82. The molecule has 2 rings (SSSR count). The van der Waals surface area contributed by atoms with Crippen molar-refractivity contribution >= 4 is 11.6 Å². The van der Waals surface area contributed by atoms with Crippen LogP contribution in [0, 0.1) is 5.82 Å². The van der Waals surface area contributed by atoms with Gasteiger partial charge in [-0.2, -0.15) is 0 Å². The monoisotopic (exact) mass is 253 g/mol. The molecule has 0 spiro atoms. The third kappa shape index (κ3) is 2.87. The van der Waals surface area contributed by atoms with Crippen molar-refractivity contribution in [2.45, 2.75) is 12.5 Å². The maximum Gasteiger partial charge on any atom is 0.124 e. The second-order valence-electron chi connectivity index (χ2n) is 3.80. The zero-order valence-corrected chi connectivity index (χ0v) is 10.2. The number of furan rings is 1. The van der Waals surface area contributed by atoms with E-state index >= 15 is 0 Å². The van der Waals surface area contributed by atoms with Gasteiger partial charge in [-0.25, -0.2) is 4.39 Å². The van der Waals surface area contributed by atoms with E-state index in [1.54, 1.807) is 12.3 Å². The minimum Gasteiger partial charge on any atom is -0.468 e. The fourth-order valence-electron chi connectivity index (χ4n) is 1.74. The molecule has 17 heavy (non-hydrogen) atoms. The van der Waals surface area contributed by atoms with Crippen LogP contribution in [0.25, 0.3) is 0 Å². The molecule has 0 radical (unpaired) electrons. The molecular weight excluding hydrogens is 241 g/mol. The number of nitrogens with one attached hydrogen (secondary N) is 1. The summed E-state index contributed by atoms with van der Waals surface area (Å²) in [6.07, 6.45) is 2.29. The van der Waals surface area contributed by atoms with Gasteiger partial charge in [0.25, 0.3) is 0 Å². The largest absolute Gasteiger partial charge is 0.468 e. The van der Waals surface area contributed by atoms with Crippen LogP contribution in [0.5, 0.6) is 0 Å². The molecule has 0 saturated heterocycles. The van der Waals surface area contributed by atoms with Crippen molar-refractivity contribution in [1.82, 2.24) is 5.32 Å². The highest BCUT2D eigenvalue weighted by Gasteiger charge is 2.14. The minimum absolute atomic E-state index is 0.0351. The lowest BCUT2D eigenvalue weighted by atomic mass is 10.0. The first-order valence-electron chi connectivity index (χ1n) is 5.35. The third-order valence-electron chi connectivity index (χ3n) is 2.67. The summed E-state index contributed by atoms with van der Waals surface area (Å²) in [7, 11) is 1.85. The van der Waals surface area contributed by atoms with E-state index < -0.39 is 0 Å². The zero-order valence-electron chi connectivity index (χ0n) is 9.41. The number of hydrogen-bond donors (Lipinski definition) is 1. The molecule has 2 aromatic rings. The van der Waals surface area contributed by atoms with Crippen molar-refractivity contribution < 1.29 is 8.81 Å². The van der Waals surface area contributed by atoms with Gasteiger partial charge in [0.1, 0.15) is 11.6 Å². The van der Waals surface area contributed by atoms with Gasteiger partial charge in [-0.1, -0.05) is 17.7 Å². The Morgan fingerprint density at radius 1 is 1.41 bits per heavy atom. The van der Waals surface area contributed by atoms with Crippen LogP contribution in [0.1, 0.15) is 17.4 Å². The van der Waals surface area contributed by atoms with Crippen molar-refractivity contribution in [1.29, 1.82) is 0 Å². The lowest BCUT2D eigenvalue weighted by Crippen LogP contribution is -2.18. The molecule has 1 heterocycles. The van der Waals surface area contributed by atoms with E-state index in [0.29, 0.717) is 11.4 Å². The van der Waals surface area contributed by atoms with Gasteiger partial charge in [-0.15, -0.1) is 0 Å². The average Bonchev–Trinajstić information content (AvgIpc) is 2.81. The highest BCUT2D eigenvalue weighted by atomic mass is 35.5. The zero-order chi connectivity index (χ0) is 12.3. The molecule has 0 saturated carbocycles. The summed E-state index contributed by atoms with van der Waals surface area (Å²) < 4.78 is 18.3. The van der Waals surface area contributed by atoms with Crippen LogP contribution in [-0.4, -0.2) is 7.05 Å². The highest BCUT2D eigenvalue weighted by molar-refractivity contribution is 6.31. The fraction of sp³-hybridized carbons (Fsp3) is 0.231. The summed E-state index contributed by atoms with van der Waals surface area (Å²) in [6, 6.07) is 8.21. The van der Waals surface area contributed by atoms with E-state index in [1.807, 2.05) is 19.2 Å². The summed E-state index contributed by atoms with van der Waals surface area (Å²) in [5, 5.41) is 3.59. The van der Waals surface area contributed by atoms with Crippen molar-refractivity contribution in [2.75, 3.05) is 7.05 Å². The van der Waals surface area contributed by atoms with Gasteiger partial charge in [0.2, 0.25) is 0 Å². The van der Waals surface area contributed by atoms with E-state index in [9.17, 15) is 4.39 Å². The molecule has 0 aliphatic rings. The van der Waals surface area contributed by atoms with E-state index in [-0.39, 0.29) is 11.9 Å². The number of halogens is 2. The average molecular weight is 254 g/mol. The van der Waals surface area contributed by atoms with Crippen molar-refractivity contribution in [3.05, 3.63) is 58.8 Å². The van der Waals surface area contributed by atoms with Gasteiger partial charge in [0, 0.05) is 5.02 Å². The Hall–Kier alpha value is -1.32. The van der Waals surface area contributed by atoms with Crippen LogP contribution in [-0.2, 0) is 6.42 Å². The Morgan fingerprint density at radius 3 is 2.82 bits per heavy atom. The highest BCUT2D eigenvalue weighted by Crippen LogP contribution is 2.24. The first kappa shape index (κ1) is 12.1. The maximum atomic E-state index is 12.9. The molecule has 90 valence electrons. The van der Waals surface area contributed by atoms with Crippen LogP contribution >= 0.6 is 11.6 Å². The molecule has 1 unspecified atom stereocenters. The van der Waals surface area contributed by atoms with Crippen molar-refractivity contribution in [2.24, 2.45) is 0 Å². The first-order valence-corrected chi connectivity index (χ1v) is 5.73. The predicted octanol–water partition coefficient (Wildman–Crippen LogP) is 3.58. The van der Waals surface area contributed by atoms with Gasteiger partial charge in [-0.3, -0.25) is 0 Å².